The molecule has 6 nitrogen and oxygen atoms in total. The van der Waals surface area contributed by atoms with E-state index in [0.29, 0.717) is 5.82 Å². The summed E-state index contributed by atoms with van der Waals surface area (Å²) in [4.78, 5) is 31.4. The lowest BCUT2D eigenvalue weighted by Crippen LogP contribution is -2.46. The summed E-state index contributed by atoms with van der Waals surface area (Å²) in [5.74, 6) is 0.666. The fourth-order valence-corrected chi connectivity index (χ4v) is 3.50. The maximum Gasteiger partial charge on any atom is 0.243 e. The van der Waals surface area contributed by atoms with Crippen molar-refractivity contribution in [3.8, 4) is 0 Å². The molecule has 3 atom stereocenters. The Kier molecular flexibility index (Phi) is 6.99. The van der Waals surface area contributed by atoms with Crippen LogP contribution in [0.4, 0.5) is 0 Å². The predicted octanol–water partition coefficient (Wildman–Crippen LogP) is 3.66. The van der Waals surface area contributed by atoms with E-state index in [1.807, 2.05) is 40.7 Å². The number of aromatic nitrogens is 2. The number of hydrogen-bond donors (Lipinski definition) is 1. The highest BCUT2D eigenvalue weighted by atomic mass is 16.2. The number of benzene rings is 1. The molecule has 0 fully saturated rings. The molecular weight excluding hydrogens is 340 g/mol. The van der Waals surface area contributed by atoms with Crippen LogP contribution in [0.25, 0.3) is 11.0 Å². The monoisotopic (exact) mass is 372 g/mol. The highest BCUT2D eigenvalue weighted by molar-refractivity contribution is 5.82. The van der Waals surface area contributed by atoms with Crippen molar-refractivity contribution >= 4 is 22.8 Å². The third-order valence-corrected chi connectivity index (χ3v) is 5.20. The summed E-state index contributed by atoms with van der Waals surface area (Å²) < 4.78 is 1.94. The standard InChI is InChI=1S/C21H32N4O2/c1-7-14(3)25(15(4)8-2)20(27)13-24-19-12-10-9-11-18(19)23-21(24)16(5)22-17(6)26/h9-12,14-16H,7-8,13H2,1-6H3,(H,22,26). The summed E-state index contributed by atoms with van der Waals surface area (Å²) in [5, 5.41) is 2.88. The van der Waals surface area contributed by atoms with E-state index in [-0.39, 0.29) is 36.5 Å². The number of imidazole rings is 1. The molecule has 0 aliphatic rings. The first-order valence-corrected chi connectivity index (χ1v) is 9.83. The second-order valence-electron chi connectivity index (χ2n) is 7.28. The van der Waals surface area contributed by atoms with Crippen LogP contribution < -0.4 is 5.32 Å². The van der Waals surface area contributed by atoms with Gasteiger partial charge in [-0.1, -0.05) is 26.0 Å². The van der Waals surface area contributed by atoms with E-state index in [2.05, 4.69) is 38.0 Å². The van der Waals surface area contributed by atoms with E-state index in [1.54, 1.807) is 0 Å². The molecule has 0 saturated heterocycles. The Labute approximate surface area is 161 Å². The average molecular weight is 373 g/mol. The molecule has 3 unspecified atom stereocenters. The molecule has 27 heavy (non-hydrogen) atoms. The number of rotatable bonds is 8. The molecule has 0 spiro atoms. The van der Waals surface area contributed by atoms with Gasteiger partial charge in [-0.25, -0.2) is 4.98 Å². The first kappa shape index (κ1) is 20.9. The molecule has 2 rings (SSSR count). The van der Waals surface area contributed by atoms with E-state index in [9.17, 15) is 9.59 Å². The van der Waals surface area contributed by atoms with Crippen molar-refractivity contribution in [2.24, 2.45) is 0 Å². The van der Waals surface area contributed by atoms with E-state index >= 15 is 0 Å². The molecule has 1 heterocycles. The Morgan fingerprint density at radius 1 is 1.11 bits per heavy atom. The highest BCUT2D eigenvalue weighted by Crippen LogP contribution is 2.22. The minimum Gasteiger partial charge on any atom is -0.347 e. The Balaban J connectivity index is 2.43. The van der Waals surface area contributed by atoms with Gasteiger partial charge in [0.1, 0.15) is 12.4 Å². The SMILES string of the molecule is CCC(C)N(C(=O)Cn1c(C(C)NC(C)=O)nc2ccccc21)C(C)CC. The number of hydrogen-bond acceptors (Lipinski definition) is 3. The normalized spacial score (nSPS) is 14.6. The lowest BCUT2D eigenvalue weighted by molar-refractivity contribution is -0.136. The number of fused-ring (bicyclic) bond motifs is 1. The van der Waals surface area contributed by atoms with E-state index in [0.717, 1.165) is 23.9 Å². The molecule has 6 heteroatoms. The van der Waals surface area contributed by atoms with Gasteiger partial charge in [0.15, 0.2) is 0 Å². The van der Waals surface area contributed by atoms with Crippen LogP contribution in [0, 0.1) is 0 Å². The maximum absolute atomic E-state index is 13.2. The largest absolute Gasteiger partial charge is 0.347 e. The highest BCUT2D eigenvalue weighted by Gasteiger charge is 2.26. The molecule has 148 valence electrons. The zero-order chi connectivity index (χ0) is 20.1. The molecule has 1 aromatic carbocycles. The Hall–Kier alpha value is -2.37. The number of carbonyl (C=O) groups excluding carboxylic acids is 2. The zero-order valence-corrected chi connectivity index (χ0v) is 17.3. The van der Waals surface area contributed by atoms with Gasteiger partial charge in [0.2, 0.25) is 11.8 Å². The Morgan fingerprint density at radius 2 is 1.70 bits per heavy atom. The number of amides is 2. The van der Waals surface area contributed by atoms with E-state index < -0.39 is 0 Å². The molecule has 1 N–H and O–H groups in total. The van der Waals surface area contributed by atoms with Crippen LogP contribution in [0.3, 0.4) is 0 Å². The van der Waals surface area contributed by atoms with E-state index in [1.165, 1.54) is 6.92 Å². The predicted molar refractivity (Wildman–Crippen MR) is 108 cm³/mol. The van der Waals surface area contributed by atoms with Crippen LogP contribution in [-0.2, 0) is 16.1 Å². The van der Waals surface area contributed by atoms with Crippen molar-refractivity contribution in [2.75, 3.05) is 0 Å². The smallest absolute Gasteiger partial charge is 0.243 e. The lowest BCUT2D eigenvalue weighted by atomic mass is 10.1. The number of carbonyl (C=O) groups is 2. The van der Waals surface area contributed by atoms with Gasteiger partial charge in [-0.3, -0.25) is 9.59 Å². The summed E-state index contributed by atoms with van der Waals surface area (Å²) >= 11 is 0. The third-order valence-electron chi connectivity index (χ3n) is 5.20. The van der Waals surface area contributed by atoms with Crippen molar-refractivity contribution < 1.29 is 9.59 Å². The van der Waals surface area contributed by atoms with Crippen LogP contribution >= 0.6 is 0 Å². The van der Waals surface area contributed by atoms with Crippen LogP contribution in [0.2, 0.25) is 0 Å². The summed E-state index contributed by atoms with van der Waals surface area (Å²) in [6.07, 6.45) is 1.83. The molecule has 0 bridgehead atoms. The fourth-order valence-electron chi connectivity index (χ4n) is 3.50. The Morgan fingerprint density at radius 3 is 2.26 bits per heavy atom. The molecule has 0 aliphatic carbocycles. The second kappa shape index (κ2) is 9.02. The zero-order valence-electron chi connectivity index (χ0n) is 17.3. The van der Waals surface area contributed by atoms with Gasteiger partial charge in [-0.05, 0) is 45.7 Å². The number of nitrogens with zero attached hydrogens (tertiary/aromatic N) is 3. The molecule has 0 saturated carbocycles. The Bertz CT molecular complexity index is 789. The van der Waals surface area contributed by atoms with Gasteiger partial charge >= 0.3 is 0 Å². The van der Waals surface area contributed by atoms with Gasteiger partial charge in [0.05, 0.1) is 17.1 Å². The molecular formula is C21H32N4O2. The molecule has 2 amide bonds. The maximum atomic E-state index is 13.2. The number of para-hydroxylation sites is 2. The van der Waals surface area contributed by atoms with Crippen molar-refractivity contribution in [3.63, 3.8) is 0 Å². The summed E-state index contributed by atoms with van der Waals surface area (Å²) in [6.45, 7) is 12.0. The van der Waals surface area contributed by atoms with Crippen molar-refractivity contribution in [1.82, 2.24) is 19.8 Å². The van der Waals surface area contributed by atoms with Gasteiger partial charge < -0.3 is 14.8 Å². The van der Waals surface area contributed by atoms with Gasteiger partial charge in [-0.2, -0.15) is 0 Å². The molecule has 2 aromatic rings. The molecule has 0 radical (unpaired) electrons. The van der Waals surface area contributed by atoms with Crippen molar-refractivity contribution in [2.45, 2.75) is 79.1 Å². The summed E-state index contributed by atoms with van der Waals surface area (Å²) in [6, 6.07) is 7.86. The first-order valence-electron chi connectivity index (χ1n) is 9.83. The minimum atomic E-state index is -0.275. The summed E-state index contributed by atoms with van der Waals surface area (Å²) in [7, 11) is 0. The average Bonchev–Trinajstić information content (AvgIpc) is 2.99. The van der Waals surface area contributed by atoms with Crippen LogP contribution in [0.15, 0.2) is 24.3 Å². The van der Waals surface area contributed by atoms with Crippen LogP contribution in [-0.4, -0.2) is 38.3 Å². The number of nitrogens with one attached hydrogen (secondary N) is 1. The molecule has 1 aromatic heterocycles. The van der Waals surface area contributed by atoms with Gasteiger partial charge in [-0.15, -0.1) is 0 Å². The van der Waals surface area contributed by atoms with Crippen molar-refractivity contribution in [3.05, 3.63) is 30.1 Å². The molecule has 0 aliphatic heterocycles. The van der Waals surface area contributed by atoms with Gasteiger partial charge in [0, 0.05) is 19.0 Å². The first-order chi connectivity index (χ1) is 12.8. The third kappa shape index (κ3) is 4.67. The van der Waals surface area contributed by atoms with Gasteiger partial charge in [0.25, 0.3) is 0 Å². The minimum absolute atomic E-state index is 0.0816. The summed E-state index contributed by atoms with van der Waals surface area (Å²) in [5.41, 5.74) is 1.74. The van der Waals surface area contributed by atoms with Crippen LogP contribution in [0.1, 0.15) is 66.3 Å². The van der Waals surface area contributed by atoms with E-state index in [4.69, 9.17) is 0 Å². The fraction of sp³-hybridized carbons (Fsp3) is 0.571. The topological polar surface area (TPSA) is 67.2 Å². The quantitative estimate of drug-likeness (QED) is 0.769. The lowest BCUT2D eigenvalue weighted by Gasteiger charge is -2.34. The second-order valence-corrected chi connectivity index (χ2v) is 7.28. The van der Waals surface area contributed by atoms with Crippen molar-refractivity contribution in [1.29, 1.82) is 0 Å². The van der Waals surface area contributed by atoms with Crippen LogP contribution in [0.5, 0.6) is 0 Å².